The fourth-order valence-electron chi connectivity index (χ4n) is 2.10. The number of carbonyl (C=O) groups is 2. The van der Waals surface area contributed by atoms with E-state index in [1.807, 2.05) is 0 Å². The van der Waals surface area contributed by atoms with Gasteiger partial charge in [0, 0.05) is 12.1 Å². The molecule has 2 aromatic carbocycles. The molecule has 0 unspecified atom stereocenters. The number of ether oxygens (including phenoxy) is 4. The number of benzene rings is 2. The molecular weight excluding hydrogens is 331 g/mol. The van der Waals surface area contributed by atoms with E-state index < -0.39 is 24.2 Å². The second-order valence-corrected chi connectivity index (χ2v) is 4.91. The minimum Gasteiger partial charge on any atom is -0.497 e. The van der Waals surface area contributed by atoms with E-state index >= 15 is 0 Å². The Morgan fingerprint density at radius 1 is 0.880 bits per heavy atom. The van der Waals surface area contributed by atoms with Gasteiger partial charge in [-0.1, -0.05) is 0 Å². The third kappa shape index (κ3) is 4.26. The molecule has 0 atom stereocenters. The summed E-state index contributed by atoms with van der Waals surface area (Å²) in [6.45, 7) is -0.549. The summed E-state index contributed by atoms with van der Waals surface area (Å²) in [7, 11) is 4.28. The third-order valence-electron chi connectivity index (χ3n) is 3.44. The molecule has 2 aromatic rings. The molecule has 0 aromatic heterocycles. The van der Waals surface area contributed by atoms with E-state index in [-0.39, 0.29) is 22.6 Å². The molecule has 0 saturated heterocycles. The van der Waals surface area contributed by atoms with Gasteiger partial charge in [-0.25, -0.2) is 9.18 Å². The van der Waals surface area contributed by atoms with E-state index in [4.69, 9.17) is 18.9 Å². The highest BCUT2D eigenvalue weighted by Gasteiger charge is 2.18. The molecular formula is C18H17FO6. The zero-order valence-corrected chi connectivity index (χ0v) is 14.0. The van der Waals surface area contributed by atoms with Gasteiger partial charge in [0.05, 0.1) is 32.5 Å². The van der Waals surface area contributed by atoms with Crippen molar-refractivity contribution in [3.05, 3.63) is 53.3 Å². The van der Waals surface area contributed by atoms with Crippen molar-refractivity contribution in [1.82, 2.24) is 0 Å². The fraction of sp³-hybridized carbons (Fsp3) is 0.222. The zero-order valence-electron chi connectivity index (χ0n) is 14.0. The van der Waals surface area contributed by atoms with Gasteiger partial charge in [0.25, 0.3) is 0 Å². The maximum absolute atomic E-state index is 13.8. The highest BCUT2D eigenvalue weighted by atomic mass is 19.1. The number of ketones is 1. The standard InChI is InChI=1S/C18H17FO6/c1-22-11-4-6-13(15(19)8-11)18(21)25-10-16(20)14-7-5-12(23-2)9-17(14)24-3/h4-9H,10H2,1-3H3. The maximum atomic E-state index is 13.8. The quantitative estimate of drug-likeness (QED) is 0.566. The van der Waals surface area contributed by atoms with Gasteiger partial charge in [-0.3, -0.25) is 4.79 Å². The van der Waals surface area contributed by atoms with Gasteiger partial charge >= 0.3 is 5.97 Å². The zero-order chi connectivity index (χ0) is 18.4. The normalized spacial score (nSPS) is 10.1. The summed E-state index contributed by atoms with van der Waals surface area (Å²) in [6, 6.07) is 8.34. The Morgan fingerprint density at radius 3 is 2.04 bits per heavy atom. The molecule has 6 nitrogen and oxygen atoms in total. The fourth-order valence-corrected chi connectivity index (χ4v) is 2.10. The Kier molecular flexibility index (Phi) is 5.94. The molecule has 0 N–H and O–H groups in total. The molecule has 25 heavy (non-hydrogen) atoms. The van der Waals surface area contributed by atoms with Crippen LogP contribution in [0.5, 0.6) is 17.2 Å². The lowest BCUT2D eigenvalue weighted by Crippen LogP contribution is -2.16. The Balaban J connectivity index is 2.08. The van der Waals surface area contributed by atoms with Crippen molar-refractivity contribution in [2.45, 2.75) is 0 Å². The number of Topliss-reactive ketones (excluding diaryl/α,β-unsaturated/α-hetero) is 1. The van der Waals surface area contributed by atoms with Crippen molar-refractivity contribution in [2.75, 3.05) is 27.9 Å². The van der Waals surface area contributed by atoms with E-state index in [1.54, 1.807) is 6.07 Å². The Bertz CT molecular complexity index is 787. The second kappa shape index (κ2) is 8.14. The molecule has 0 spiro atoms. The lowest BCUT2D eigenvalue weighted by Gasteiger charge is -2.10. The second-order valence-electron chi connectivity index (χ2n) is 4.91. The summed E-state index contributed by atoms with van der Waals surface area (Å²) in [4.78, 5) is 24.2. The SMILES string of the molecule is COc1ccc(C(=O)OCC(=O)c2ccc(OC)cc2OC)c(F)c1. The maximum Gasteiger partial charge on any atom is 0.341 e. The van der Waals surface area contributed by atoms with Crippen LogP contribution in [0.15, 0.2) is 36.4 Å². The number of hydrogen-bond donors (Lipinski definition) is 0. The first-order valence-corrected chi connectivity index (χ1v) is 7.26. The minimum absolute atomic E-state index is 0.228. The highest BCUT2D eigenvalue weighted by Crippen LogP contribution is 2.25. The van der Waals surface area contributed by atoms with Gasteiger partial charge in [-0.05, 0) is 24.3 Å². The van der Waals surface area contributed by atoms with E-state index in [0.717, 1.165) is 6.07 Å². The number of carbonyl (C=O) groups excluding carboxylic acids is 2. The predicted molar refractivity (Wildman–Crippen MR) is 87.1 cm³/mol. The van der Waals surface area contributed by atoms with Crippen LogP contribution in [0, 0.1) is 5.82 Å². The van der Waals surface area contributed by atoms with Gasteiger partial charge in [0.1, 0.15) is 23.1 Å². The number of esters is 1. The van der Waals surface area contributed by atoms with Crippen LogP contribution < -0.4 is 14.2 Å². The summed E-state index contributed by atoms with van der Waals surface area (Å²) in [5.41, 5.74) is -0.0541. The van der Waals surface area contributed by atoms with Crippen molar-refractivity contribution in [3.63, 3.8) is 0 Å². The molecule has 7 heteroatoms. The molecule has 0 radical (unpaired) electrons. The van der Waals surface area contributed by atoms with Crippen LogP contribution in [-0.2, 0) is 4.74 Å². The van der Waals surface area contributed by atoms with Crippen molar-refractivity contribution in [3.8, 4) is 17.2 Å². The first-order valence-electron chi connectivity index (χ1n) is 7.26. The van der Waals surface area contributed by atoms with E-state index in [2.05, 4.69) is 0 Å². The molecule has 0 aliphatic rings. The molecule has 0 aliphatic carbocycles. The summed E-state index contributed by atoms with van der Waals surface area (Å²) in [5.74, 6) is -1.14. The van der Waals surface area contributed by atoms with Crippen molar-refractivity contribution >= 4 is 11.8 Å². The van der Waals surface area contributed by atoms with Crippen LogP contribution >= 0.6 is 0 Å². The highest BCUT2D eigenvalue weighted by molar-refractivity contribution is 6.01. The number of hydrogen-bond acceptors (Lipinski definition) is 6. The summed E-state index contributed by atoms with van der Waals surface area (Å²) >= 11 is 0. The van der Waals surface area contributed by atoms with Crippen LogP contribution in [0.2, 0.25) is 0 Å². The largest absolute Gasteiger partial charge is 0.497 e. The number of rotatable bonds is 7. The average molecular weight is 348 g/mol. The molecule has 0 saturated carbocycles. The average Bonchev–Trinajstić information content (AvgIpc) is 2.64. The Labute approximate surface area is 144 Å². The smallest absolute Gasteiger partial charge is 0.341 e. The van der Waals surface area contributed by atoms with Crippen molar-refractivity contribution in [1.29, 1.82) is 0 Å². The molecule has 2 rings (SSSR count). The lowest BCUT2D eigenvalue weighted by atomic mass is 10.1. The van der Waals surface area contributed by atoms with Crippen molar-refractivity contribution < 1.29 is 32.9 Å². The first-order chi connectivity index (χ1) is 12.0. The number of halogens is 1. The van der Waals surface area contributed by atoms with Crippen LogP contribution in [0.1, 0.15) is 20.7 Å². The summed E-state index contributed by atoms with van der Waals surface area (Å²) in [6.07, 6.45) is 0. The van der Waals surface area contributed by atoms with E-state index in [0.29, 0.717) is 5.75 Å². The van der Waals surface area contributed by atoms with Gasteiger partial charge in [0.15, 0.2) is 6.61 Å². The topological polar surface area (TPSA) is 71.1 Å². The predicted octanol–water partition coefficient (Wildman–Crippen LogP) is 2.89. The van der Waals surface area contributed by atoms with Crippen LogP contribution in [-0.4, -0.2) is 39.7 Å². The first kappa shape index (κ1) is 18.3. The van der Waals surface area contributed by atoms with Crippen LogP contribution in [0.25, 0.3) is 0 Å². The molecule has 132 valence electrons. The monoisotopic (exact) mass is 348 g/mol. The van der Waals surface area contributed by atoms with Crippen LogP contribution in [0.3, 0.4) is 0 Å². The summed E-state index contributed by atoms with van der Waals surface area (Å²) in [5, 5.41) is 0. The number of methoxy groups -OCH3 is 3. The van der Waals surface area contributed by atoms with E-state index in [9.17, 15) is 14.0 Å². The molecule has 0 bridgehead atoms. The van der Waals surface area contributed by atoms with Gasteiger partial charge < -0.3 is 18.9 Å². The van der Waals surface area contributed by atoms with Gasteiger partial charge in [0.2, 0.25) is 5.78 Å². The third-order valence-corrected chi connectivity index (χ3v) is 3.44. The lowest BCUT2D eigenvalue weighted by molar-refractivity contribution is 0.0469. The van der Waals surface area contributed by atoms with Crippen molar-refractivity contribution in [2.24, 2.45) is 0 Å². The minimum atomic E-state index is -0.944. The molecule has 0 heterocycles. The Morgan fingerprint density at radius 2 is 1.48 bits per heavy atom. The van der Waals surface area contributed by atoms with Crippen LogP contribution in [0.4, 0.5) is 4.39 Å². The molecule has 0 aliphatic heterocycles. The van der Waals surface area contributed by atoms with Gasteiger partial charge in [-0.2, -0.15) is 0 Å². The molecule has 0 fully saturated rings. The van der Waals surface area contributed by atoms with E-state index in [1.165, 1.54) is 45.6 Å². The summed E-state index contributed by atoms with van der Waals surface area (Å²) < 4.78 is 33.8. The van der Waals surface area contributed by atoms with Gasteiger partial charge in [-0.15, -0.1) is 0 Å². The Hall–Kier alpha value is -3.09. The molecule has 0 amide bonds.